The lowest BCUT2D eigenvalue weighted by atomic mass is 10.1. The van der Waals surface area contributed by atoms with E-state index in [9.17, 15) is 9.59 Å². The predicted octanol–water partition coefficient (Wildman–Crippen LogP) is 0.912. The van der Waals surface area contributed by atoms with E-state index >= 15 is 0 Å². The number of carbonyl (C=O) groups excluding carboxylic acids is 2. The number of nitrogens with zero attached hydrogens (tertiary/aromatic N) is 6. The summed E-state index contributed by atoms with van der Waals surface area (Å²) in [6.45, 7) is 4.26. The van der Waals surface area contributed by atoms with Crippen molar-refractivity contribution >= 4 is 23.2 Å². The van der Waals surface area contributed by atoms with Crippen LogP contribution >= 0.6 is 11.3 Å². The third kappa shape index (κ3) is 4.66. The van der Waals surface area contributed by atoms with Gasteiger partial charge in [0.25, 0.3) is 11.8 Å². The van der Waals surface area contributed by atoms with Gasteiger partial charge in [0, 0.05) is 44.8 Å². The Labute approximate surface area is 171 Å². The molecule has 3 aromatic rings. The fourth-order valence-electron chi connectivity index (χ4n) is 3.24. The van der Waals surface area contributed by atoms with Crippen molar-refractivity contribution in [1.29, 1.82) is 0 Å². The largest absolute Gasteiger partial charge is 0.350 e. The first-order valence-corrected chi connectivity index (χ1v) is 10.3. The number of benzene rings is 1. The summed E-state index contributed by atoms with van der Waals surface area (Å²) < 4.78 is 1.53. The van der Waals surface area contributed by atoms with E-state index in [-0.39, 0.29) is 11.8 Å². The number of carbonyl (C=O) groups is 2. The highest BCUT2D eigenvalue weighted by Crippen LogP contribution is 2.13. The first-order valence-electron chi connectivity index (χ1n) is 9.37. The fourth-order valence-corrected chi connectivity index (χ4v) is 3.88. The van der Waals surface area contributed by atoms with Crippen LogP contribution in [0, 0.1) is 0 Å². The number of hydrogen-bond acceptors (Lipinski definition) is 7. The molecular formula is C19H21N7O2S. The highest BCUT2D eigenvalue weighted by atomic mass is 32.1. The van der Waals surface area contributed by atoms with Gasteiger partial charge in [0.15, 0.2) is 0 Å². The molecule has 1 saturated heterocycles. The van der Waals surface area contributed by atoms with Gasteiger partial charge in [0.05, 0.1) is 10.6 Å². The summed E-state index contributed by atoms with van der Waals surface area (Å²) in [4.78, 5) is 29.7. The van der Waals surface area contributed by atoms with E-state index in [2.05, 4.69) is 25.7 Å². The van der Waals surface area contributed by atoms with Crippen LogP contribution in [-0.2, 0) is 0 Å². The molecule has 0 bridgehead atoms. The molecule has 1 aromatic carbocycles. The first kappa shape index (κ1) is 19.2. The second kappa shape index (κ2) is 8.93. The Hall–Kier alpha value is -3.11. The molecule has 29 heavy (non-hydrogen) atoms. The van der Waals surface area contributed by atoms with Crippen LogP contribution in [0.25, 0.3) is 5.69 Å². The van der Waals surface area contributed by atoms with Crippen LogP contribution in [0.3, 0.4) is 0 Å². The van der Waals surface area contributed by atoms with Gasteiger partial charge in [-0.15, -0.1) is 16.4 Å². The quantitative estimate of drug-likeness (QED) is 0.648. The van der Waals surface area contributed by atoms with Crippen molar-refractivity contribution in [2.24, 2.45) is 0 Å². The van der Waals surface area contributed by atoms with E-state index < -0.39 is 0 Å². The molecule has 9 nitrogen and oxygen atoms in total. The van der Waals surface area contributed by atoms with E-state index in [1.807, 2.05) is 40.6 Å². The average molecular weight is 411 g/mol. The van der Waals surface area contributed by atoms with Gasteiger partial charge in [-0.05, 0) is 40.1 Å². The Kier molecular flexibility index (Phi) is 5.92. The van der Waals surface area contributed by atoms with Gasteiger partial charge >= 0.3 is 0 Å². The van der Waals surface area contributed by atoms with Crippen molar-refractivity contribution in [3.05, 3.63) is 58.5 Å². The molecule has 3 heterocycles. The highest BCUT2D eigenvalue weighted by molar-refractivity contribution is 7.12. The number of thiophene rings is 1. The second-order valence-electron chi connectivity index (χ2n) is 6.67. The Balaban J connectivity index is 1.26. The highest BCUT2D eigenvalue weighted by Gasteiger charge is 2.22. The Bertz CT molecular complexity index is 951. The number of aromatic nitrogens is 4. The van der Waals surface area contributed by atoms with Gasteiger partial charge in [0.2, 0.25) is 0 Å². The predicted molar refractivity (Wildman–Crippen MR) is 108 cm³/mol. The molecule has 0 aliphatic carbocycles. The molecule has 0 atom stereocenters. The van der Waals surface area contributed by atoms with Crippen molar-refractivity contribution in [3.8, 4) is 5.69 Å². The Morgan fingerprint density at radius 1 is 1.10 bits per heavy atom. The number of tetrazole rings is 1. The monoisotopic (exact) mass is 411 g/mol. The van der Waals surface area contributed by atoms with Gasteiger partial charge in [-0.1, -0.05) is 12.1 Å². The molecule has 1 aliphatic rings. The maximum absolute atomic E-state index is 12.9. The van der Waals surface area contributed by atoms with Gasteiger partial charge in [-0.2, -0.15) is 0 Å². The number of nitrogens with one attached hydrogen (secondary N) is 1. The van der Waals surface area contributed by atoms with Crippen LogP contribution in [0.1, 0.15) is 20.0 Å². The molecule has 10 heteroatoms. The van der Waals surface area contributed by atoms with Crippen LogP contribution in [0.15, 0.2) is 48.1 Å². The van der Waals surface area contributed by atoms with Crippen molar-refractivity contribution in [2.75, 3.05) is 39.3 Å². The van der Waals surface area contributed by atoms with Crippen LogP contribution in [-0.4, -0.2) is 81.1 Å². The average Bonchev–Trinajstić information content (AvgIpc) is 3.48. The first-order chi connectivity index (χ1) is 14.2. The molecule has 0 radical (unpaired) electrons. The fraction of sp³-hybridized carbons (Fsp3) is 0.316. The van der Waals surface area contributed by atoms with Crippen LogP contribution < -0.4 is 5.32 Å². The number of amides is 2. The number of piperazine rings is 1. The summed E-state index contributed by atoms with van der Waals surface area (Å²) in [6.07, 6.45) is 1.50. The molecule has 4 rings (SSSR count). The van der Waals surface area contributed by atoms with Crippen molar-refractivity contribution < 1.29 is 9.59 Å². The molecule has 0 unspecified atom stereocenters. The maximum Gasteiger partial charge on any atom is 0.261 e. The van der Waals surface area contributed by atoms with E-state index in [4.69, 9.17) is 0 Å². The van der Waals surface area contributed by atoms with Crippen molar-refractivity contribution in [1.82, 2.24) is 35.3 Å². The standard InChI is InChI=1S/C19H21N7O2S/c27-18(17-5-2-12-29-17)20-6-7-24-8-10-25(11-9-24)19(28)15-3-1-4-16(13-15)26-14-21-22-23-26/h1-5,12-14H,6-11H2,(H,20,27). The third-order valence-electron chi connectivity index (χ3n) is 4.82. The van der Waals surface area contributed by atoms with Crippen LogP contribution in [0.5, 0.6) is 0 Å². The topological polar surface area (TPSA) is 96.2 Å². The van der Waals surface area contributed by atoms with E-state index in [0.29, 0.717) is 25.2 Å². The SMILES string of the molecule is O=C(NCCN1CCN(C(=O)c2cccc(-n3cnnn3)c2)CC1)c1cccs1. The van der Waals surface area contributed by atoms with Gasteiger partial charge in [0.1, 0.15) is 6.33 Å². The molecule has 2 amide bonds. The molecule has 0 spiro atoms. The smallest absolute Gasteiger partial charge is 0.261 e. The Morgan fingerprint density at radius 2 is 1.97 bits per heavy atom. The van der Waals surface area contributed by atoms with E-state index in [1.165, 1.54) is 22.3 Å². The molecule has 1 fully saturated rings. The van der Waals surface area contributed by atoms with Crippen LogP contribution in [0.4, 0.5) is 0 Å². The summed E-state index contributed by atoms with van der Waals surface area (Å²) in [5, 5.41) is 16.0. The van der Waals surface area contributed by atoms with Crippen LogP contribution in [0.2, 0.25) is 0 Å². The summed E-state index contributed by atoms with van der Waals surface area (Å²) >= 11 is 1.44. The summed E-state index contributed by atoms with van der Waals surface area (Å²) in [5.74, 6) is -0.0261. The second-order valence-corrected chi connectivity index (χ2v) is 7.62. The van der Waals surface area contributed by atoms with Crippen molar-refractivity contribution in [2.45, 2.75) is 0 Å². The zero-order valence-electron chi connectivity index (χ0n) is 15.8. The molecule has 2 aromatic heterocycles. The summed E-state index contributed by atoms with van der Waals surface area (Å²) in [6, 6.07) is 11.0. The lowest BCUT2D eigenvalue weighted by Crippen LogP contribution is -2.50. The van der Waals surface area contributed by atoms with Gasteiger partial charge in [-0.3, -0.25) is 14.5 Å². The molecular weight excluding hydrogens is 390 g/mol. The zero-order valence-corrected chi connectivity index (χ0v) is 16.6. The Morgan fingerprint density at radius 3 is 2.69 bits per heavy atom. The minimum Gasteiger partial charge on any atom is -0.350 e. The number of hydrogen-bond donors (Lipinski definition) is 1. The van der Waals surface area contributed by atoms with Gasteiger partial charge < -0.3 is 10.2 Å². The van der Waals surface area contributed by atoms with E-state index in [1.54, 1.807) is 6.07 Å². The normalized spacial score (nSPS) is 14.7. The molecule has 150 valence electrons. The van der Waals surface area contributed by atoms with E-state index in [0.717, 1.165) is 30.2 Å². The molecule has 1 aliphatic heterocycles. The maximum atomic E-state index is 12.9. The summed E-state index contributed by atoms with van der Waals surface area (Å²) in [5.41, 5.74) is 1.37. The lowest BCUT2D eigenvalue weighted by Gasteiger charge is -2.34. The zero-order chi connectivity index (χ0) is 20.1. The third-order valence-corrected chi connectivity index (χ3v) is 5.69. The number of rotatable bonds is 6. The lowest BCUT2D eigenvalue weighted by molar-refractivity contribution is 0.0638. The minimum atomic E-state index is -0.0312. The van der Waals surface area contributed by atoms with Gasteiger partial charge in [-0.25, -0.2) is 4.68 Å². The molecule has 1 N–H and O–H groups in total. The summed E-state index contributed by atoms with van der Waals surface area (Å²) in [7, 11) is 0. The molecule has 0 saturated carbocycles. The minimum absolute atomic E-state index is 0.00516. The van der Waals surface area contributed by atoms with Crippen molar-refractivity contribution in [3.63, 3.8) is 0 Å².